The second kappa shape index (κ2) is 4.59. The molecule has 0 atom stereocenters. The van der Waals surface area contributed by atoms with Crippen LogP contribution in [-0.2, 0) is 4.74 Å². The van der Waals surface area contributed by atoms with Crippen LogP contribution in [0.25, 0.3) is 0 Å². The van der Waals surface area contributed by atoms with Gasteiger partial charge < -0.3 is 10.5 Å². The third-order valence-corrected chi connectivity index (χ3v) is 4.42. The zero-order valence-corrected chi connectivity index (χ0v) is 11.5. The van der Waals surface area contributed by atoms with Crippen LogP contribution in [-0.4, -0.2) is 26.1 Å². The smallest absolute Gasteiger partial charge is 0.340 e. The largest absolute Gasteiger partial charge is 0.465 e. The van der Waals surface area contributed by atoms with E-state index in [0.717, 1.165) is 5.19 Å². The highest BCUT2D eigenvalue weighted by molar-refractivity contribution is 6.89. The summed E-state index contributed by atoms with van der Waals surface area (Å²) in [4.78, 5) is 15.7. The summed E-state index contributed by atoms with van der Waals surface area (Å²) in [5, 5.41) is 0.914. The predicted octanol–water partition coefficient (Wildman–Crippen LogP) is 0.977. The van der Waals surface area contributed by atoms with Gasteiger partial charge in [0.1, 0.15) is 11.5 Å². The highest BCUT2D eigenvalue weighted by atomic mass is 28.3. The topological polar surface area (TPSA) is 65.2 Å². The van der Waals surface area contributed by atoms with Crippen LogP contribution < -0.4 is 10.9 Å². The van der Waals surface area contributed by atoms with Gasteiger partial charge >= 0.3 is 5.97 Å². The number of methoxy groups -OCH3 is 1. The summed E-state index contributed by atoms with van der Waals surface area (Å²) >= 11 is 0. The maximum absolute atomic E-state index is 11.6. The molecule has 0 aliphatic rings. The molecular weight excluding hydrogens is 232 g/mol. The Morgan fingerprint density at radius 3 is 2.53 bits per heavy atom. The van der Waals surface area contributed by atoms with Gasteiger partial charge in [0, 0.05) is 0 Å². The molecule has 90 valence electrons. The molecule has 1 aromatic heterocycles. The summed E-state index contributed by atoms with van der Waals surface area (Å²) in [7, 11) is -0.355. The summed E-state index contributed by atoms with van der Waals surface area (Å²) in [5.41, 5.74) is 6.41. The highest BCUT2D eigenvalue weighted by Gasteiger charge is 2.24. The highest BCUT2D eigenvalue weighted by Crippen LogP contribution is 2.13. The normalized spacial score (nSPS) is 10.8. The van der Waals surface area contributed by atoms with E-state index in [0.29, 0.717) is 11.4 Å². The Morgan fingerprint density at radius 1 is 1.53 bits per heavy atom. The minimum Gasteiger partial charge on any atom is -0.465 e. The predicted molar refractivity (Wildman–Crippen MR) is 70.9 cm³/mol. The third kappa shape index (κ3) is 2.66. The number of carbonyl (C=O) groups is 1. The lowest BCUT2D eigenvalue weighted by Gasteiger charge is -2.19. The number of pyridine rings is 1. The number of ether oxygens (including phenoxy) is 1. The molecule has 0 saturated carbocycles. The molecule has 17 heavy (non-hydrogen) atoms. The minimum atomic E-state index is -1.67. The molecule has 0 amide bonds. The Hall–Kier alpha value is -1.80. The second-order valence-corrected chi connectivity index (χ2v) is 9.74. The first kappa shape index (κ1) is 13.3. The Labute approximate surface area is 102 Å². The lowest BCUT2D eigenvalue weighted by Crippen LogP contribution is -2.41. The van der Waals surface area contributed by atoms with Gasteiger partial charge in [-0.15, -0.1) is 6.42 Å². The van der Waals surface area contributed by atoms with E-state index in [1.165, 1.54) is 7.11 Å². The van der Waals surface area contributed by atoms with E-state index in [2.05, 4.69) is 35.3 Å². The molecule has 0 aliphatic heterocycles. The number of rotatable bonds is 2. The maximum atomic E-state index is 11.6. The number of nitrogen functional groups attached to an aromatic ring is 1. The van der Waals surface area contributed by atoms with Crippen molar-refractivity contribution in [3.05, 3.63) is 17.3 Å². The van der Waals surface area contributed by atoms with E-state index < -0.39 is 14.0 Å². The van der Waals surface area contributed by atoms with Crippen molar-refractivity contribution >= 4 is 25.0 Å². The molecule has 4 nitrogen and oxygen atoms in total. The van der Waals surface area contributed by atoms with Crippen LogP contribution in [0.5, 0.6) is 0 Å². The van der Waals surface area contributed by atoms with Gasteiger partial charge in [-0.1, -0.05) is 19.6 Å². The molecule has 0 saturated heterocycles. The quantitative estimate of drug-likeness (QED) is 0.481. The summed E-state index contributed by atoms with van der Waals surface area (Å²) in [6.07, 6.45) is 5.31. The van der Waals surface area contributed by atoms with Crippen LogP contribution >= 0.6 is 0 Å². The molecule has 1 aromatic rings. The van der Waals surface area contributed by atoms with Gasteiger partial charge in [0.05, 0.1) is 20.7 Å². The van der Waals surface area contributed by atoms with Gasteiger partial charge in [-0.05, 0) is 17.2 Å². The standard InChI is InChI=1S/C12H16N2O2Si/c1-6-9-8(12(15)16-2)7-10(11(13)14-9)17(3,4)5/h1,7H,2-5H3,(H2,13,14). The molecular formula is C12H16N2O2Si. The number of nitrogens with zero attached hydrogens (tertiary/aromatic N) is 1. The summed E-state index contributed by atoms with van der Waals surface area (Å²) in [6.45, 7) is 6.37. The fourth-order valence-corrected chi connectivity index (χ4v) is 2.91. The van der Waals surface area contributed by atoms with Crippen LogP contribution in [0.1, 0.15) is 16.1 Å². The van der Waals surface area contributed by atoms with Crippen LogP contribution in [0.2, 0.25) is 19.6 Å². The zero-order valence-electron chi connectivity index (χ0n) is 10.5. The van der Waals surface area contributed by atoms with E-state index in [4.69, 9.17) is 12.2 Å². The van der Waals surface area contributed by atoms with Gasteiger partial charge in [0.2, 0.25) is 0 Å². The molecule has 0 aliphatic carbocycles. The van der Waals surface area contributed by atoms with Gasteiger partial charge in [0.15, 0.2) is 0 Å². The van der Waals surface area contributed by atoms with Crippen molar-refractivity contribution in [1.29, 1.82) is 0 Å². The number of nitrogens with two attached hydrogens (primary N) is 1. The summed E-state index contributed by atoms with van der Waals surface area (Å²) in [6, 6.07) is 1.72. The van der Waals surface area contributed by atoms with E-state index in [1.807, 2.05) is 0 Å². The van der Waals surface area contributed by atoms with Gasteiger partial charge in [0.25, 0.3) is 0 Å². The monoisotopic (exact) mass is 248 g/mol. The molecule has 0 radical (unpaired) electrons. The van der Waals surface area contributed by atoms with Crippen molar-refractivity contribution in [2.24, 2.45) is 0 Å². The van der Waals surface area contributed by atoms with Crippen LogP contribution in [0.15, 0.2) is 6.07 Å². The number of anilines is 1. The number of hydrogen-bond donors (Lipinski definition) is 1. The van der Waals surface area contributed by atoms with Crippen molar-refractivity contribution in [1.82, 2.24) is 4.98 Å². The average molecular weight is 248 g/mol. The average Bonchev–Trinajstić information content (AvgIpc) is 2.25. The Bertz CT molecular complexity index is 498. The first-order chi connectivity index (χ1) is 7.81. The van der Waals surface area contributed by atoms with Crippen LogP contribution in [0.3, 0.4) is 0 Å². The Balaban J connectivity index is 3.50. The number of carbonyl (C=O) groups excluding carboxylic acids is 1. The van der Waals surface area contributed by atoms with E-state index in [1.54, 1.807) is 6.07 Å². The van der Waals surface area contributed by atoms with Crippen molar-refractivity contribution in [3.63, 3.8) is 0 Å². The number of esters is 1. The minimum absolute atomic E-state index is 0.233. The zero-order chi connectivity index (χ0) is 13.2. The molecule has 1 heterocycles. The third-order valence-electron chi connectivity index (χ3n) is 2.40. The van der Waals surface area contributed by atoms with Gasteiger partial charge in [-0.25, -0.2) is 9.78 Å². The number of hydrogen-bond acceptors (Lipinski definition) is 4. The first-order valence-electron chi connectivity index (χ1n) is 5.17. The van der Waals surface area contributed by atoms with E-state index >= 15 is 0 Å². The fraction of sp³-hybridized carbons (Fsp3) is 0.333. The van der Waals surface area contributed by atoms with Crippen molar-refractivity contribution in [2.45, 2.75) is 19.6 Å². The lowest BCUT2D eigenvalue weighted by molar-refractivity contribution is 0.0600. The van der Waals surface area contributed by atoms with Gasteiger partial charge in [-0.3, -0.25) is 0 Å². The molecule has 0 unspecified atom stereocenters. The molecule has 0 aromatic carbocycles. The summed E-state index contributed by atoms with van der Waals surface area (Å²) < 4.78 is 4.69. The molecule has 1 rings (SSSR count). The number of aromatic nitrogens is 1. The molecule has 0 fully saturated rings. The van der Waals surface area contributed by atoms with E-state index in [9.17, 15) is 4.79 Å². The van der Waals surface area contributed by atoms with Crippen molar-refractivity contribution < 1.29 is 9.53 Å². The second-order valence-electron chi connectivity index (χ2n) is 4.70. The van der Waals surface area contributed by atoms with Crippen molar-refractivity contribution in [3.8, 4) is 12.3 Å². The van der Waals surface area contributed by atoms with Crippen molar-refractivity contribution in [2.75, 3.05) is 12.8 Å². The number of terminal acetylenes is 1. The van der Waals surface area contributed by atoms with Crippen LogP contribution in [0, 0.1) is 12.3 Å². The van der Waals surface area contributed by atoms with E-state index in [-0.39, 0.29) is 5.69 Å². The molecule has 5 heteroatoms. The molecule has 0 bridgehead atoms. The fourth-order valence-electron chi connectivity index (χ4n) is 1.50. The maximum Gasteiger partial charge on any atom is 0.340 e. The molecule has 0 spiro atoms. The SMILES string of the molecule is C#Cc1nc(N)c([Si](C)(C)C)cc1C(=O)OC. The van der Waals surface area contributed by atoms with Crippen LogP contribution in [0.4, 0.5) is 5.82 Å². The van der Waals surface area contributed by atoms with Gasteiger partial charge in [-0.2, -0.15) is 0 Å². The Morgan fingerprint density at radius 2 is 2.12 bits per heavy atom. The Kier molecular flexibility index (Phi) is 3.58. The molecule has 2 N–H and O–H groups in total. The first-order valence-corrected chi connectivity index (χ1v) is 8.67. The summed E-state index contributed by atoms with van der Waals surface area (Å²) in [5.74, 6) is 2.28. The lowest BCUT2D eigenvalue weighted by atomic mass is 10.2.